The Kier molecular flexibility index (Phi) is 9.40. The monoisotopic (exact) mass is 753 g/mol. The van der Waals surface area contributed by atoms with Gasteiger partial charge in [0.05, 0.1) is 22.6 Å². The van der Waals surface area contributed by atoms with Gasteiger partial charge in [-0.25, -0.2) is 17.2 Å². The molecule has 1 unspecified atom stereocenters. The molecule has 0 bridgehead atoms. The lowest BCUT2D eigenvalue weighted by molar-refractivity contribution is -0.142. The molecule has 3 aliphatic carbocycles. The Morgan fingerprint density at radius 2 is 1.60 bits per heavy atom. The average molecular weight is 754 g/mol. The molecule has 274 valence electrons. The summed E-state index contributed by atoms with van der Waals surface area (Å²) in [7, 11) is -4.11. The Hall–Kier alpha value is -4.70. The summed E-state index contributed by atoms with van der Waals surface area (Å²) in [6.45, 7) is 3.31. The van der Waals surface area contributed by atoms with Crippen LogP contribution < -0.4 is 15.4 Å². The minimum atomic E-state index is -4.11. The molecular weight excluding hydrogens is 717 g/mol. The summed E-state index contributed by atoms with van der Waals surface area (Å²) >= 11 is 1.19. The van der Waals surface area contributed by atoms with E-state index in [0.717, 1.165) is 22.3 Å². The van der Waals surface area contributed by atoms with Gasteiger partial charge in [0.2, 0.25) is 28.3 Å². The highest BCUT2D eigenvalue weighted by molar-refractivity contribution is 7.91. The predicted octanol–water partition coefficient (Wildman–Crippen LogP) is 3.67. The molecule has 1 aliphatic heterocycles. The van der Waals surface area contributed by atoms with E-state index in [0.29, 0.717) is 23.4 Å². The molecule has 4 aliphatic rings. The summed E-state index contributed by atoms with van der Waals surface area (Å²) in [4.78, 5) is 62.3. The minimum Gasteiger partial charge on any atom is -0.390 e. The molecule has 3 N–H and O–H groups in total. The van der Waals surface area contributed by atoms with Gasteiger partial charge in [-0.05, 0) is 47.8 Å². The van der Waals surface area contributed by atoms with Crippen LogP contribution in [0.3, 0.4) is 0 Å². The number of thiophene rings is 1. The maximum Gasteiger partial charge on any atom is 0.262 e. The number of alkyl halides is 2. The Balaban J connectivity index is 1.17. The highest BCUT2D eigenvalue weighted by Gasteiger charge is 2.66. The van der Waals surface area contributed by atoms with Crippen molar-refractivity contribution in [2.75, 3.05) is 6.54 Å². The molecule has 0 spiro atoms. The van der Waals surface area contributed by atoms with E-state index in [1.54, 1.807) is 31.4 Å². The number of fused-ring (bicyclic) bond motifs is 3. The molecular formula is C36H37F2N5O7S2. The third kappa shape index (κ3) is 6.69. The van der Waals surface area contributed by atoms with E-state index in [9.17, 15) is 36.4 Å². The number of oxime groups is 1. The van der Waals surface area contributed by atoms with Crippen LogP contribution in [0.25, 0.3) is 11.1 Å². The fraction of sp³-hybridized carbons (Fsp3) is 0.417. The maximum absolute atomic E-state index is 14.3. The van der Waals surface area contributed by atoms with Gasteiger partial charge in [-0.2, -0.15) is 0 Å². The third-order valence-electron chi connectivity index (χ3n) is 10.0. The zero-order chi connectivity index (χ0) is 36.9. The summed E-state index contributed by atoms with van der Waals surface area (Å²) in [6.07, 6.45) is -3.82. The highest BCUT2D eigenvalue weighted by atomic mass is 32.2. The van der Waals surface area contributed by atoms with Crippen molar-refractivity contribution in [3.63, 3.8) is 0 Å². The lowest BCUT2D eigenvalue weighted by atomic mass is 10.0. The first-order chi connectivity index (χ1) is 24.8. The van der Waals surface area contributed by atoms with Crippen molar-refractivity contribution in [2.45, 2.75) is 74.9 Å². The second-order valence-corrected chi connectivity index (χ2v) is 16.9. The van der Waals surface area contributed by atoms with Gasteiger partial charge >= 0.3 is 0 Å². The summed E-state index contributed by atoms with van der Waals surface area (Å²) in [5.74, 6) is -5.33. The Morgan fingerprint density at radius 1 is 0.962 bits per heavy atom. The zero-order valence-corrected chi connectivity index (χ0v) is 29.9. The molecule has 7 rings (SSSR count). The normalized spacial score (nSPS) is 23.8. The first-order valence-electron chi connectivity index (χ1n) is 17.0. The van der Waals surface area contributed by atoms with E-state index in [2.05, 4.69) is 15.8 Å². The molecule has 3 aromatic rings. The number of hydrogen-bond acceptors (Lipinski definition) is 9. The van der Waals surface area contributed by atoms with Gasteiger partial charge in [0.15, 0.2) is 0 Å². The first-order valence-corrected chi connectivity index (χ1v) is 19.5. The van der Waals surface area contributed by atoms with Crippen molar-refractivity contribution in [2.24, 2.45) is 17.0 Å². The largest absolute Gasteiger partial charge is 0.390 e. The molecule has 3 fully saturated rings. The standard InChI is InChI=1S/C36H37F2N5O7S2/c1-19(2)29(39-33(45)28-12-7-15-51-28)34(46)43-18-20(50-41-30-24-10-5-3-8-22(24)23-9-4-6-11-25(23)30)16-27(43)32(44)40-36(17-26(36)31(37)38)35(47)42-52(48,49)21-13-14-21/h3-12,15,19-21,26-27,29,31H,13-14,16-18H2,1-2H3,(H,39,45)(H,40,44)(H,42,47)/t20-,26+,27?,29+,36+/m1/s1. The van der Waals surface area contributed by atoms with E-state index in [-0.39, 0.29) is 13.0 Å². The molecule has 0 radical (unpaired) electrons. The fourth-order valence-electron chi connectivity index (χ4n) is 6.94. The van der Waals surface area contributed by atoms with Crippen molar-refractivity contribution >= 4 is 50.7 Å². The van der Waals surface area contributed by atoms with Crippen molar-refractivity contribution in [3.8, 4) is 11.1 Å². The highest BCUT2D eigenvalue weighted by Crippen LogP contribution is 2.48. The third-order valence-corrected chi connectivity index (χ3v) is 12.7. The number of rotatable bonds is 12. The number of carbonyl (C=O) groups is 4. The number of nitrogens with zero attached hydrogens (tertiary/aromatic N) is 2. The quantitative estimate of drug-likeness (QED) is 0.186. The molecule has 2 heterocycles. The smallest absolute Gasteiger partial charge is 0.262 e. The summed E-state index contributed by atoms with van der Waals surface area (Å²) in [5.41, 5.74) is 1.97. The van der Waals surface area contributed by atoms with Crippen LogP contribution in [0, 0.1) is 11.8 Å². The molecule has 1 aromatic heterocycles. The molecule has 16 heteroatoms. The van der Waals surface area contributed by atoms with Crippen LogP contribution in [0.4, 0.5) is 8.78 Å². The molecule has 2 saturated carbocycles. The number of carbonyl (C=O) groups excluding carboxylic acids is 4. The number of benzene rings is 2. The van der Waals surface area contributed by atoms with Crippen LogP contribution in [0.5, 0.6) is 0 Å². The second-order valence-electron chi connectivity index (χ2n) is 14.0. The van der Waals surface area contributed by atoms with E-state index >= 15 is 0 Å². The number of nitrogens with one attached hydrogen (secondary N) is 3. The molecule has 52 heavy (non-hydrogen) atoms. The van der Waals surface area contributed by atoms with Crippen LogP contribution in [-0.2, 0) is 29.2 Å². The van der Waals surface area contributed by atoms with Crippen LogP contribution in [0.2, 0.25) is 0 Å². The first kappa shape index (κ1) is 35.7. The summed E-state index contributed by atoms with van der Waals surface area (Å²) < 4.78 is 55.1. The number of amides is 4. The van der Waals surface area contributed by atoms with Gasteiger partial charge in [-0.1, -0.05) is 73.6 Å². The van der Waals surface area contributed by atoms with E-state index < -0.39 is 87.3 Å². The van der Waals surface area contributed by atoms with Crippen molar-refractivity contribution in [3.05, 3.63) is 82.0 Å². The number of sulfonamides is 1. The van der Waals surface area contributed by atoms with Crippen LogP contribution in [0.1, 0.15) is 60.3 Å². The molecule has 1 saturated heterocycles. The van der Waals surface area contributed by atoms with E-state index in [4.69, 9.17) is 4.84 Å². The predicted molar refractivity (Wildman–Crippen MR) is 188 cm³/mol. The van der Waals surface area contributed by atoms with Gasteiger partial charge in [-0.15, -0.1) is 11.3 Å². The molecule has 2 aromatic carbocycles. The Labute approximate surface area is 303 Å². The van der Waals surface area contributed by atoms with Gasteiger partial charge in [0.25, 0.3) is 11.8 Å². The van der Waals surface area contributed by atoms with Crippen LogP contribution in [-0.4, -0.2) is 84.6 Å². The van der Waals surface area contributed by atoms with Crippen molar-refractivity contribution < 1.29 is 41.2 Å². The lowest BCUT2D eigenvalue weighted by Gasteiger charge is -2.31. The number of hydrogen-bond donors (Lipinski definition) is 3. The number of halogens is 2. The fourth-order valence-corrected chi connectivity index (χ4v) is 8.93. The molecule has 4 amide bonds. The van der Waals surface area contributed by atoms with Gasteiger partial charge in [-0.3, -0.25) is 23.9 Å². The van der Waals surface area contributed by atoms with Gasteiger partial charge < -0.3 is 20.4 Å². The summed E-state index contributed by atoms with van der Waals surface area (Å²) in [5, 5.41) is 10.6. The van der Waals surface area contributed by atoms with Crippen molar-refractivity contribution in [1.29, 1.82) is 0 Å². The Bertz CT molecular complexity index is 2010. The zero-order valence-electron chi connectivity index (χ0n) is 28.3. The lowest BCUT2D eigenvalue weighted by Crippen LogP contribution is -2.59. The SMILES string of the molecule is CC(C)[C@H](NC(=O)c1cccs1)C(=O)N1C[C@H](ON=C2c3ccccc3-c3ccccc32)CC1C(=O)N[C@@]1(C(=O)NS(=O)(=O)C2CC2)C[C@H]1C(F)F. The Morgan fingerprint density at radius 3 is 2.13 bits per heavy atom. The minimum absolute atomic E-state index is 0.126. The van der Waals surface area contributed by atoms with Crippen LogP contribution in [0.15, 0.2) is 71.2 Å². The molecule has 12 nitrogen and oxygen atoms in total. The average Bonchev–Trinajstić information content (AvgIpc) is 3.95. The maximum atomic E-state index is 14.3. The number of likely N-dealkylation sites (tertiary alicyclic amines) is 1. The second kappa shape index (κ2) is 13.7. The van der Waals surface area contributed by atoms with E-state index in [1.165, 1.54) is 16.2 Å². The van der Waals surface area contributed by atoms with E-state index in [1.807, 2.05) is 53.3 Å². The van der Waals surface area contributed by atoms with Gasteiger partial charge in [0, 0.05) is 17.5 Å². The summed E-state index contributed by atoms with van der Waals surface area (Å²) in [6, 6.07) is 16.2. The topological polar surface area (TPSA) is 163 Å². The molecule has 5 atom stereocenters. The van der Waals surface area contributed by atoms with Crippen molar-refractivity contribution in [1.82, 2.24) is 20.3 Å². The van der Waals surface area contributed by atoms with Gasteiger partial charge in [0.1, 0.15) is 29.4 Å². The van der Waals surface area contributed by atoms with Crippen LogP contribution >= 0.6 is 11.3 Å².